The summed E-state index contributed by atoms with van der Waals surface area (Å²) >= 11 is 0. The predicted octanol–water partition coefficient (Wildman–Crippen LogP) is 0.908. The number of aliphatic imine (C=N–C) groups is 1. The zero-order chi connectivity index (χ0) is 20.0. The van der Waals surface area contributed by atoms with Gasteiger partial charge in [0.15, 0.2) is 5.96 Å². The van der Waals surface area contributed by atoms with E-state index in [0.717, 1.165) is 58.4 Å². The Morgan fingerprint density at radius 2 is 2.03 bits per heavy atom. The van der Waals surface area contributed by atoms with Gasteiger partial charge in [-0.1, -0.05) is 6.42 Å². The largest absolute Gasteiger partial charge is 0.379 e. The number of morpholine rings is 1. The lowest BCUT2D eigenvalue weighted by atomic mass is 9.51. The first kappa shape index (κ1) is 24.6. The molecule has 0 radical (unpaired) electrons. The summed E-state index contributed by atoms with van der Waals surface area (Å²) in [7, 11) is 3.53. The lowest BCUT2D eigenvalue weighted by Gasteiger charge is -2.61. The Morgan fingerprint density at radius 3 is 2.62 bits per heavy atom. The molecular weight excluding hydrogens is 485 g/mol. The lowest BCUT2D eigenvalue weighted by molar-refractivity contribution is -0.168. The van der Waals surface area contributed by atoms with Crippen LogP contribution in [0.4, 0.5) is 0 Å². The molecule has 1 spiro atoms. The molecule has 0 aromatic rings. The SMILES string of the molecule is CCOC1CC(NC(=NCC(=O)N(C)C)NCCN2CCOCC2)C12CCC2.I. The van der Waals surface area contributed by atoms with Crippen molar-refractivity contribution in [1.29, 1.82) is 0 Å². The fraction of sp³-hybridized carbons (Fsp3) is 0.900. The maximum Gasteiger partial charge on any atom is 0.243 e. The average Bonchev–Trinajstić information content (AvgIpc) is 2.63. The summed E-state index contributed by atoms with van der Waals surface area (Å²) in [6, 6.07) is 0.377. The van der Waals surface area contributed by atoms with E-state index in [0.29, 0.717) is 12.1 Å². The van der Waals surface area contributed by atoms with Crippen LogP contribution in [-0.4, -0.2) is 100 Å². The lowest BCUT2D eigenvalue weighted by Crippen LogP contribution is -2.68. The number of nitrogens with zero attached hydrogens (tertiary/aromatic N) is 3. The summed E-state index contributed by atoms with van der Waals surface area (Å²) in [6.07, 6.45) is 5.08. The number of guanidine groups is 1. The number of hydrogen-bond donors (Lipinski definition) is 2. The molecule has 3 aliphatic rings. The molecule has 9 heteroatoms. The van der Waals surface area contributed by atoms with Gasteiger partial charge in [0, 0.05) is 58.3 Å². The van der Waals surface area contributed by atoms with Crippen molar-refractivity contribution < 1.29 is 14.3 Å². The van der Waals surface area contributed by atoms with Gasteiger partial charge in [-0.2, -0.15) is 0 Å². The third kappa shape index (κ3) is 6.18. The molecule has 1 saturated heterocycles. The molecule has 8 nitrogen and oxygen atoms in total. The molecule has 2 saturated carbocycles. The van der Waals surface area contributed by atoms with Crippen LogP contribution in [0.3, 0.4) is 0 Å². The highest BCUT2D eigenvalue weighted by Crippen LogP contribution is 2.57. The maximum atomic E-state index is 12.0. The standard InChI is InChI=1S/C20H37N5O3.HI/c1-4-28-17-14-16(20(17)6-5-7-20)23-19(22-15-18(26)24(2)3)21-8-9-25-10-12-27-13-11-25;/h16-17H,4-15H2,1-3H3,(H2,21,22,23);1H. The number of ether oxygens (including phenoxy) is 2. The van der Waals surface area contributed by atoms with E-state index >= 15 is 0 Å². The van der Waals surface area contributed by atoms with Crippen molar-refractivity contribution in [2.24, 2.45) is 10.4 Å². The number of rotatable bonds is 8. The quantitative estimate of drug-likeness (QED) is 0.280. The summed E-state index contributed by atoms with van der Waals surface area (Å²) < 4.78 is 11.4. The van der Waals surface area contributed by atoms with Gasteiger partial charge in [0.2, 0.25) is 5.91 Å². The van der Waals surface area contributed by atoms with Gasteiger partial charge in [-0.15, -0.1) is 24.0 Å². The fourth-order valence-electron chi connectivity index (χ4n) is 4.40. The van der Waals surface area contributed by atoms with Crippen molar-refractivity contribution in [3.8, 4) is 0 Å². The zero-order valence-electron chi connectivity index (χ0n) is 18.1. The highest BCUT2D eigenvalue weighted by Gasteiger charge is 2.59. The van der Waals surface area contributed by atoms with E-state index in [1.54, 1.807) is 19.0 Å². The summed E-state index contributed by atoms with van der Waals surface area (Å²) in [5.41, 5.74) is 0.258. The Hall–Kier alpha value is -0.650. The van der Waals surface area contributed by atoms with Gasteiger partial charge < -0.3 is 25.0 Å². The van der Waals surface area contributed by atoms with Gasteiger partial charge in [-0.05, 0) is 26.2 Å². The Morgan fingerprint density at radius 1 is 1.31 bits per heavy atom. The van der Waals surface area contributed by atoms with Crippen LogP contribution in [-0.2, 0) is 14.3 Å². The predicted molar refractivity (Wildman–Crippen MR) is 125 cm³/mol. The van der Waals surface area contributed by atoms with Crippen molar-refractivity contribution in [3.05, 3.63) is 0 Å². The molecule has 3 fully saturated rings. The number of hydrogen-bond acceptors (Lipinski definition) is 5. The fourth-order valence-corrected chi connectivity index (χ4v) is 4.40. The molecule has 0 aromatic heterocycles. The number of nitrogens with one attached hydrogen (secondary N) is 2. The number of carbonyl (C=O) groups excluding carboxylic acids is 1. The zero-order valence-corrected chi connectivity index (χ0v) is 20.4. The summed E-state index contributed by atoms with van der Waals surface area (Å²) in [4.78, 5) is 20.5. The number of amides is 1. The Kier molecular flexibility index (Phi) is 9.90. The number of likely N-dealkylation sites (N-methyl/N-ethyl adjacent to an activating group) is 1. The molecule has 2 aliphatic carbocycles. The highest BCUT2D eigenvalue weighted by molar-refractivity contribution is 14.0. The summed E-state index contributed by atoms with van der Waals surface area (Å²) in [6.45, 7) is 8.31. The third-order valence-electron chi connectivity index (χ3n) is 6.44. The molecule has 1 aliphatic heterocycles. The van der Waals surface area contributed by atoms with Crippen molar-refractivity contribution in [1.82, 2.24) is 20.4 Å². The molecular formula is C20H38IN5O3. The van der Waals surface area contributed by atoms with Gasteiger partial charge in [0.05, 0.1) is 19.3 Å². The van der Waals surface area contributed by atoms with Crippen molar-refractivity contribution in [3.63, 3.8) is 0 Å². The molecule has 2 unspecified atom stereocenters. The van der Waals surface area contributed by atoms with Crippen LogP contribution in [0.15, 0.2) is 4.99 Å². The minimum atomic E-state index is 0. The van der Waals surface area contributed by atoms with E-state index in [4.69, 9.17) is 9.47 Å². The van der Waals surface area contributed by atoms with Gasteiger partial charge in [-0.25, -0.2) is 4.99 Å². The normalized spacial score (nSPS) is 26.1. The first-order chi connectivity index (χ1) is 13.5. The first-order valence-electron chi connectivity index (χ1n) is 10.7. The minimum Gasteiger partial charge on any atom is -0.379 e. The van der Waals surface area contributed by atoms with Crippen LogP contribution in [0, 0.1) is 5.41 Å². The van der Waals surface area contributed by atoms with Gasteiger partial charge in [0.1, 0.15) is 6.54 Å². The smallest absolute Gasteiger partial charge is 0.243 e. The second-order valence-corrected chi connectivity index (χ2v) is 8.30. The van der Waals surface area contributed by atoms with E-state index in [-0.39, 0.29) is 41.8 Å². The Balaban J connectivity index is 0.00000300. The molecule has 0 aromatic carbocycles. The monoisotopic (exact) mass is 523 g/mol. The molecule has 168 valence electrons. The van der Waals surface area contributed by atoms with Crippen molar-refractivity contribution >= 4 is 35.8 Å². The molecule has 1 heterocycles. The van der Waals surface area contributed by atoms with Crippen LogP contribution < -0.4 is 10.6 Å². The first-order valence-corrected chi connectivity index (χ1v) is 10.7. The molecule has 29 heavy (non-hydrogen) atoms. The second kappa shape index (κ2) is 11.7. The minimum absolute atomic E-state index is 0. The van der Waals surface area contributed by atoms with E-state index in [1.165, 1.54) is 19.3 Å². The Bertz CT molecular complexity index is 550. The van der Waals surface area contributed by atoms with Crippen LogP contribution in [0.2, 0.25) is 0 Å². The topological polar surface area (TPSA) is 78.4 Å². The summed E-state index contributed by atoms with van der Waals surface area (Å²) in [5.74, 6) is 0.753. The van der Waals surface area contributed by atoms with Crippen molar-refractivity contribution in [2.45, 2.75) is 44.8 Å². The van der Waals surface area contributed by atoms with E-state index in [2.05, 4.69) is 27.4 Å². The van der Waals surface area contributed by atoms with E-state index in [1.807, 2.05) is 0 Å². The van der Waals surface area contributed by atoms with Crippen LogP contribution >= 0.6 is 24.0 Å². The second-order valence-electron chi connectivity index (χ2n) is 8.30. The summed E-state index contributed by atoms with van der Waals surface area (Å²) in [5, 5.41) is 7.05. The maximum absolute atomic E-state index is 12.0. The van der Waals surface area contributed by atoms with E-state index < -0.39 is 0 Å². The molecule has 3 rings (SSSR count). The average molecular weight is 523 g/mol. The molecule has 2 atom stereocenters. The van der Waals surface area contributed by atoms with Gasteiger partial charge in [-0.3, -0.25) is 9.69 Å². The molecule has 1 amide bonds. The highest BCUT2D eigenvalue weighted by atomic mass is 127. The molecule has 2 N–H and O–H groups in total. The number of carbonyl (C=O) groups is 1. The van der Waals surface area contributed by atoms with Crippen molar-refractivity contribution in [2.75, 3.05) is 66.6 Å². The third-order valence-corrected chi connectivity index (χ3v) is 6.44. The van der Waals surface area contributed by atoms with Gasteiger partial charge in [0.25, 0.3) is 0 Å². The van der Waals surface area contributed by atoms with Gasteiger partial charge >= 0.3 is 0 Å². The van der Waals surface area contributed by atoms with Crippen LogP contribution in [0.5, 0.6) is 0 Å². The molecule has 0 bridgehead atoms. The Labute approximate surface area is 192 Å². The number of halogens is 1. The van der Waals surface area contributed by atoms with Crippen LogP contribution in [0.1, 0.15) is 32.6 Å². The van der Waals surface area contributed by atoms with E-state index in [9.17, 15) is 4.79 Å². The van der Waals surface area contributed by atoms with Crippen LogP contribution in [0.25, 0.3) is 0 Å².